The van der Waals surface area contributed by atoms with Crippen LogP contribution in [0, 0.1) is 17.8 Å². The van der Waals surface area contributed by atoms with E-state index in [-0.39, 0.29) is 0 Å². The van der Waals surface area contributed by atoms with Crippen molar-refractivity contribution < 1.29 is 5.11 Å². The van der Waals surface area contributed by atoms with Gasteiger partial charge < -0.3 is 10.4 Å². The van der Waals surface area contributed by atoms with E-state index in [9.17, 15) is 0 Å². The molecule has 0 spiro atoms. The molecular formula is C10H19NO. The van der Waals surface area contributed by atoms with Gasteiger partial charge in [0.15, 0.2) is 0 Å². The average Bonchev–Trinajstić information content (AvgIpc) is 2.16. The van der Waals surface area contributed by atoms with Gasteiger partial charge in [-0.2, -0.15) is 0 Å². The summed E-state index contributed by atoms with van der Waals surface area (Å²) < 4.78 is 0. The van der Waals surface area contributed by atoms with Crippen molar-refractivity contribution in [3.8, 4) is 0 Å². The molecule has 0 aromatic heterocycles. The van der Waals surface area contributed by atoms with E-state index in [4.69, 9.17) is 5.11 Å². The predicted octanol–water partition coefficient (Wildman–Crippen LogP) is 1.03. The zero-order valence-electron chi connectivity index (χ0n) is 7.79. The van der Waals surface area contributed by atoms with Crippen molar-refractivity contribution in [1.82, 2.24) is 5.32 Å². The zero-order chi connectivity index (χ0) is 8.97. The molecule has 1 fully saturated rings. The van der Waals surface area contributed by atoms with E-state index in [1.165, 1.54) is 6.42 Å². The van der Waals surface area contributed by atoms with Crippen LogP contribution in [0.15, 0.2) is 12.7 Å². The van der Waals surface area contributed by atoms with Crippen LogP contribution >= 0.6 is 0 Å². The molecule has 2 N–H and O–H groups in total. The van der Waals surface area contributed by atoms with Crippen LogP contribution in [-0.2, 0) is 0 Å². The maximum atomic E-state index is 9.05. The number of piperidine rings is 1. The lowest BCUT2D eigenvalue weighted by atomic mass is 9.78. The van der Waals surface area contributed by atoms with E-state index in [0.717, 1.165) is 13.1 Å². The third-order valence-electron chi connectivity index (χ3n) is 2.91. The summed E-state index contributed by atoms with van der Waals surface area (Å²) in [6.07, 6.45) is 3.18. The molecule has 1 heterocycles. The van der Waals surface area contributed by atoms with Gasteiger partial charge in [-0.3, -0.25) is 0 Å². The Morgan fingerprint density at radius 1 is 1.75 bits per heavy atom. The molecule has 0 amide bonds. The van der Waals surface area contributed by atoms with E-state index in [1.807, 2.05) is 6.08 Å². The Kier molecular flexibility index (Phi) is 3.76. The fraction of sp³-hybridized carbons (Fsp3) is 0.800. The Hall–Kier alpha value is -0.340. The predicted molar refractivity (Wildman–Crippen MR) is 50.9 cm³/mol. The van der Waals surface area contributed by atoms with Crippen LogP contribution in [0.2, 0.25) is 0 Å². The molecule has 0 aromatic rings. The first-order valence-corrected chi connectivity index (χ1v) is 4.73. The summed E-state index contributed by atoms with van der Waals surface area (Å²) in [4.78, 5) is 0. The Bertz CT molecular complexity index is 147. The molecule has 2 heteroatoms. The highest BCUT2D eigenvalue weighted by molar-refractivity contribution is 4.91. The van der Waals surface area contributed by atoms with Gasteiger partial charge in [0.25, 0.3) is 0 Å². The second kappa shape index (κ2) is 4.63. The fourth-order valence-corrected chi connectivity index (χ4v) is 2.00. The monoisotopic (exact) mass is 169 g/mol. The number of aliphatic hydroxyl groups excluding tert-OH is 1. The number of hydrogen-bond donors (Lipinski definition) is 2. The van der Waals surface area contributed by atoms with Crippen LogP contribution in [0.3, 0.4) is 0 Å². The first kappa shape index (κ1) is 9.75. The summed E-state index contributed by atoms with van der Waals surface area (Å²) in [7, 11) is 0. The van der Waals surface area contributed by atoms with E-state index in [2.05, 4.69) is 18.8 Å². The smallest absolute Gasteiger partial charge is 0.0459 e. The summed E-state index contributed by atoms with van der Waals surface area (Å²) in [5.74, 6) is 1.57. The molecule has 0 aliphatic carbocycles. The molecular weight excluding hydrogens is 150 g/mol. The summed E-state index contributed by atoms with van der Waals surface area (Å²) in [6, 6.07) is 0. The van der Waals surface area contributed by atoms with Crippen LogP contribution in [0.5, 0.6) is 0 Å². The average molecular weight is 169 g/mol. The van der Waals surface area contributed by atoms with Crippen molar-refractivity contribution in [1.29, 1.82) is 0 Å². The lowest BCUT2D eigenvalue weighted by molar-refractivity contribution is 0.140. The van der Waals surface area contributed by atoms with Crippen molar-refractivity contribution in [2.75, 3.05) is 19.7 Å². The standard InChI is InChI=1S/C10H19NO/c1-3-9-6-11-5-4-10(9)8(2)7-12/h3,8-12H,1,4-7H2,2H3. The van der Waals surface area contributed by atoms with E-state index >= 15 is 0 Å². The van der Waals surface area contributed by atoms with Gasteiger partial charge in [0.1, 0.15) is 0 Å². The van der Waals surface area contributed by atoms with Gasteiger partial charge in [0.2, 0.25) is 0 Å². The van der Waals surface area contributed by atoms with Gasteiger partial charge in [-0.25, -0.2) is 0 Å². The van der Waals surface area contributed by atoms with Gasteiger partial charge >= 0.3 is 0 Å². The minimum absolute atomic E-state index is 0.301. The highest BCUT2D eigenvalue weighted by atomic mass is 16.3. The minimum atomic E-state index is 0.301. The molecule has 0 aromatic carbocycles. The molecule has 70 valence electrons. The van der Waals surface area contributed by atoms with E-state index in [0.29, 0.717) is 24.4 Å². The van der Waals surface area contributed by atoms with Crippen molar-refractivity contribution in [2.45, 2.75) is 13.3 Å². The molecule has 3 unspecified atom stereocenters. The Balaban J connectivity index is 2.51. The van der Waals surface area contributed by atoms with Crippen LogP contribution in [0.4, 0.5) is 0 Å². The van der Waals surface area contributed by atoms with Crippen molar-refractivity contribution in [2.24, 2.45) is 17.8 Å². The van der Waals surface area contributed by atoms with E-state index < -0.39 is 0 Å². The third-order valence-corrected chi connectivity index (χ3v) is 2.91. The first-order valence-electron chi connectivity index (χ1n) is 4.73. The maximum absolute atomic E-state index is 9.05. The van der Waals surface area contributed by atoms with Gasteiger partial charge in [0.05, 0.1) is 0 Å². The lowest BCUT2D eigenvalue weighted by Gasteiger charge is -2.33. The highest BCUT2D eigenvalue weighted by Gasteiger charge is 2.26. The summed E-state index contributed by atoms with van der Waals surface area (Å²) >= 11 is 0. The Labute approximate surface area is 74.7 Å². The molecule has 1 aliphatic heterocycles. The molecule has 0 saturated carbocycles. The van der Waals surface area contributed by atoms with Crippen LogP contribution in [-0.4, -0.2) is 24.8 Å². The second-order valence-corrected chi connectivity index (χ2v) is 3.72. The summed E-state index contributed by atoms with van der Waals surface area (Å²) in [6.45, 7) is 8.36. The molecule has 0 radical (unpaired) electrons. The largest absolute Gasteiger partial charge is 0.396 e. The van der Waals surface area contributed by atoms with Gasteiger partial charge in [-0.05, 0) is 30.7 Å². The molecule has 12 heavy (non-hydrogen) atoms. The van der Waals surface area contributed by atoms with Crippen LogP contribution in [0.25, 0.3) is 0 Å². The number of nitrogens with one attached hydrogen (secondary N) is 1. The molecule has 2 nitrogen and oxygen atoms in total. The number of aliphatic hydroxyl groups is 1. The Morgan fingerprint density at radius 2 is 2.50 bits per heavy atom. The normalized spacial score (nSPS) is 32.8. The van der Waals surface area contributed by atoms with Crippen molar-refractivity contribution >= 4 is 0 Å². The Morgan fingerprint density at radius 3 is 3.08 bits per heavy atom. The van der Waals surface area contributed by atoms with Crippen LogP contribution < -0.4 is 5.32 Å². The van der Waals surface area contributed by atoms with Crippen molar-refractivity contribution in [3.05, 3.63) is 12.7 Å². The second-order valence-electron chi connectivity index (χ2n) is 3.72. The quantitative estimate of drug-likeness (QED) is 0.618. The van der Waals surface area contributed by atoms with Crippen molar-refractivity contribution in [3.63, 3.8) is 0 Å². The van der Waals surface area contributed by atoms with Gasteiger partial charge in [-0.1, -0.05) is 13.0 Å². The zero-order valence-corrected chi connectivity index (χ0v) is 7.79. The molecule has 3 atom stereocenters. The maximum Gasteiger partial charge on any atom is 0.0459 e. The third kappa shape index (κ3) is 2.08. The SMILES string of the molecule is C=CC1CNCCC1C(C)CO. The molecule has 0 bridgehead atoms. The molecule has 1 rings (SSSR count). The topological polar surface area (TPSA) is 32.3 Å². The highest BCUT2D eigenvalue weighted by Crippen LogP contribution is 2.27. The lowest BCUT2D eigenvalue weighted by Crippen LogP contribution is -2.39. The van der Waals surface area contributed by atoms with Crippen LogP contribution in [0.1, 0.15) is 13.3 Å². The van der Waals surface area contributed by atoms with Gasteiger partial charge in [0, 0.05) is 13.2 Å². The molecule has 1 aliphatic rings. The van der Waals surface area contributed by atoms with E-state index in [1.54, 1.807) is 0 Å². The number of hydrogen-bond acceptors (Lipinski definition) is 2. The minimum Gasteiger partial charge on any atom is -0.396 e. The van der Waals surface area contributed by atoms with Gasteiger partial charge in [-0.15, -0.1) is 6.58 Å². The first-order chi connectivity index (χ1) is 5.79. The fourth-order valence-electron chi connectivity index (χ4n) is 2.00. The summed E-state index contributed by atoms with van der Waals surface area (Å²) in [5.41, 5.74) is 0. The summed E-state index contributed by atoms with van der Waals surface area (Å²) in [5, 5.41) is 12.4. The molecule has 1 saturated heterocycles. The number of rotatable bonds is 3.